The molecule has 9 heteroatoms. The number of alkyl carbamates (subject to hydrolysis) is 1. The number of carbonyl (C=O) groups excluding carboxylic acids is 2. The number of anilines is 1. The van der Waals surface area contributed by atoms with Crippen molar-refractivity contribution in [3.8, 4) is 16.9 Å². The van der Waals surface area contributed by atoms with Crippen LogP contribution in [0.2, 0.25) is 0 Å². The van der Waals surface area contributed by atoms with E-state index in [4.69, 9.17) is 14.0 Å². The summed E-state index contributed by atoms with van der Waals surface area (Å²) in [5.74, 6) is 1.17. The van der Waals surface area contributed by atoms with Gasteiger partial charge in [0.1, 0.15) is 22.8 Å². The van der Waals surface area contributed by atoms with Crippen LogP contribution in [0.1, 0.15) is 48.3 Å². The fraction of sp³-hybridized carbons (Fsp3) is 0.333. The Bertz CT molecular complexity index is 1150. The van der Waals surface area contributed by atoms with Gasteiger partial charge in [0.05, 0.1) is 7.11 Å². The number of benzene rings is 1. The van der Waals surface area contributed by atoms with Gasteiger partial charge in [-0.05, 0) is 63.9 Å². The molecule has 2 heterocycles. The zero-order valence-electron chi connectivity index (χ0n) is 19.6. The molecule has 0 aliphatic heterocycles. The predicted molar refractivity (Wildman–Crippen MR) is 123 cm³/mol. The summed E-state index contributed by atoms with van der Waals surface area (Å²) >= 11 is 0. The van der Waals surface area contributed by atoms with Gasteiger partial charge in [-0.15, -0.1) is 0 Å². The molecule has 0 atom stereocenters. The summed E-state index contributed by atoms with van der Waals surface area (Å²) in [5.41, 5.74) is 2.55. The number of carbonyl (C=O) groups is 2. The number of amides is 2. The van der Waals surface area contributed by atoms with E-state index in [1.807, 2.05) is 24.3 Å². The number of nitrogens with zero attached hydrogens (tertiary/aromatic N) is 2. The van der Waals surface area contributed by atoms with Crippen molar-refractivity contribution in [1.82, 2.24) is 15.5 Å². The van der Waals surface area contributed by atoms with E-state index in [0.717, 1.165) is 16.7 Å². The maximum Gasteiger partial charge on any atom is 0.407 e. The van der Waals surface area contributed by atoms with Crippen molar-refractivity contribution >= 4 is 17.8 Å². The molecule has 33 heavy (non-hydrogen) atoms. The van der Waals surface area contributed by atoms with Gasteiger partial charge in [-0.2, -0.15) is 0 Å². The topological polar surface area (TPSA) is 116 Å². The first-order chi connectivity index (χ1) is 15.6. The highest BCUT2D eigenvalue weighted by Gasteiger charge is 2.20. The molecule has 2 aromatic heterocycles. The molecule has 1 aromatic carbocycles. The number of pyridine rings is 1. The fourth-order valence-corrected chi connectivity index (χ4v) is 3.15. The van der Waals surface area contributed by atoms with Crippen LogP contribution in [0.4, 0.5) is 10.6 Å². The largest absolute Gasteiger partial charge is 0.497 e. The number of nitrogens with one attached hydrogen (secondary N) is 2. The van der Waals surface area contributed by atoms with E-state index >= 15 is 0 Å². The second-order valence-corrected chi connectivity index (χ2v) is 8.48. The summed E-state index contributed by atoms with van der Waals surface area (Å²) < 4.78 is 15.6. The van der Waals surface area contributed by atoms with Crippen LogP contribution in [0.25, 0.3) is 11.1 Å². The minimum absolute atomic E-state index is 0.180. The lowest BCUT2D eigenvalue weighted by molar-refractivity contribution is 0.0523. The van der Waals surface area contributed by atoms with Crippen LogP contribution >= 0.6 is 0 Å². The monoisotopic (exact) mass is 452 g/mol. The van der Waals surface area contributed by atoms with Crippen LogP contribution < -0.4 is 15.4 Å². The van der Waals surface area contributed by atoms with Gasteiger partial charge in [0.2, 0.25) is 0 Å². The van der Waals surface area contributed by atoms with E-state index in [0.29, 0.717) is 23.0 Å². The molecule has 0 fully saturated rings. The van der Waals surface area contributed by atoms with Crippen LogP contribution in [-0.4, -0.2) is 34.9 Å². The molecule has 3 aromatic rings. The molecule has 0 aliphatic carbocycles. The van der Waals surface area contributed by atoms with Crippen molar-refractivity contribution in [3.05, 3.63) is 59.1 Å². The lowest BCUT2D eigenvalue weighted by atomic mass is 9.97. The van der Waals surface area contributed by atoms with Crippen molar-refractivity contribution < 1.29 is 23.6 Å². The maximum atomic E-state index is 12.8. The lowest BCUT2D eigenvalue weighted by Gasteiger charge is -2.21. The van der Waals surface area contributed by atoms with Gasteiger partial charge in [-0.1, -0.05) is 17.3 Å². The van der Waals surface area contributed by atoms with Crippen molar-refractivity contribution in [2.45, 2.75) is 46.8 Å². The summed E-state index contributed by atoms with van der Waals surface area (Å²) in [5, 5.41) is 9.24. The van der Waals surface area contributed by atoms with Crippen LogP contribution in [-0.2, 0) is 11.3 Å². The Morgan fingerprint density at radius 1 is 1.09 bits per heavy atom. The number of ether oxygens (including phenoxy) is 2. The summed E-state index contributed by atoms with van der Waals surface area (Å²) in [6.45, 7) is 9.10. The summed E-state index contributed by atoms with van der Waals surface area (Å²) in [4.78, 5) is 29.5. The Morgan fingerprint density at radius 2 is 1.79 bits per heavy atom. The highest BCUT2D eigenvalue weighted by molar-refractivity contribution is 6.03. The minimum Gasteiger partial charge on any atom is -0.497 e. The van der Waals surface area contributed by atoms with E-state index in [9.17, 15) is 9.59 Å². The number of methoxy groups -OCH3 is 1. The molecule has 2 amide bonds. The predicted octanol–water partition coefficient (Wildman–Crippen LogP) is 4.64. The quantitative estimate of drug-likeness (QED) is 0.560. The first-order valence-corrected chi connectivity index (χ1v) is 10.4. The van der Waals surface area contributed by atoms with Gasteiger partial charge in [0.15, 0.2) is 5.82 Å². The normalized spacial score (nSPS) is 11.1. The van der Waals surface area contributed by atoms with Crippen molar-refractivity contribution in [1.29, 1.82) is 0 Å². The third-order valence-corrected chi connectivity index (χ3v) is 4.64. The van der Waals surface area contributed by atoms with E-state index in [-0.39, 0.29) is 12.2 Å². The molecule has 0 unspecified atom stereocenters. The molecule has 174 valence electrons. The summed E-state index contributed by atoms with van der Waals surface area (Å²) in [6.07, 6.45) is -0.536. The minimum atomic E-state index is -0.613. The van der Waals surface area contributed by atoms with Crippen molar-refractivity contribution in [3.63, 3.8) is 0 Å². The van der Waals surface area contributed by atoms with Gasteiger partial charge in [0, 0.05) is 23.9 Å². The molecular formula is C24H28N4O5. The molecular weight excluding hydrogens is 424 g/mol. The highest BCUT2D eigenvalue weighted by atomic mass is 16.6. The first-order valence-electron chi connectivity index (χ1n) is 10.4. The molecule has 0 saturated heterocycles. The second kappa shape index (κ2) is 9.72. The first kappa shape index (κ1) is 23.8. The van der Waals surface area contributed by atoms with Crippen LogP contribution in [0.15, 0.2) is 40.9 Å². The lowest BCUT2D eigenvalue weighted by Crippen LogP contribution is -2.32. The molecule has 0 radical (unpaired) electrons. The average Bonchev–Trinajstić information content (AvgIpc) is 3.15. The van der Waals surface area contributed by atoms with Crippen LogP contribution in [0, 0.1) is 13.8 Å². The van der Waals surface area contributed by atoms with Crippen LogP contribution in [0.3, 0.4) is 0 Å². The zero-order chi connectivity index (χ0) is 24.2. The van der Waals surface area contributed by atoms with Crippen molar-refractivity contribution in [2.75, 3.05) is 12.4 Å². The number of rotatable bonds is 6. The van der Waals surface area contributed by atoms with Crippen LogP contribution in [0.5, 0.6) is 5.75 Å². The summed E-state index contributed by atoms with van der Waals surface area (Å²) in [6, 6.07) is 10.7. The van der Waals surface area contributed by atoms with E-state index in [1.54, 1.807) is 53.9 Å². The average molecular weight is 453 g/mol. The van der Waals surface area contributed by atoms with Gasteiger partial charge < -0.3 is 24.6 Å². The third-order valence-electron chi connectivity index (χ3n) is 4.64. The van der Waals surface area contributed by atoms with E-state index in [2.05, 4.69) is 20.8 Å². The Labute approximate surface area is 192 Å². The zero-order valence-corrected chi connectivity index (χ0v) is 19.6. The standard InChI is InChI=1S/C24H28N4O5/c1-14-11-21(28-33-14)27-22(29)20-12-18(16-7-9-17(31-6)10-8-16)19(15(2)26-20)13-25-23(30)32-24(3,4)5/h7-12H,13H2,1-6H3,(H,25,30)(H,27,28,29). The molecule has 0 spiro atoms. The van der Waals surface area contributed by atoms with E-state index < -0.39 is 17.6 Å². The Balaban J connectivity index is 1.95. The number of hydrogen-bond donors (Lipinski definition) is 2. The molecule has 9 nitrogen and oxygen atoms in total. The summed E-state index contributed by atoms with van der Waals surface area (Å²) in [7, 11) is 1.59. The SMILES string of the molecule is COc1ccc(-c2cc(C(=O)Nc3cc(C)on3)nc(C)c2CNC(=O)OC(C)(C)C)cc1. The second-order valence-electron chi connectivity index (χ2n) is 8.48. The smallest absolute Gasteiger partial charge is 0.407 e. The van der Waals surface area contributed by atoms with Gasteiger partial charge >= 0.3 is 6.09 Å². The Hall–Kier alpha value is -3.88. The molecule has 3 rings (SSSR count). The van der Waals surface area contributed by atoms with Gasteiger partial charge in [0.25, 0.3) is 5.91 Å². The Kier molecular flexibility index (Phi) is 7.01. The Morgan fingerprint density at radius 3 is 2.36 bits per heavy atom. The molecule has 0 aliphatic rings. The van der Waals surface area contributed by atoms with Crippen molar-refractivity contribution in [2.24, 2.45) is 0 Å². The number of hydrogen-bond acceptors (Lipinski definition) is 7. The maximum absolute atomic E-state index is 12.8. The van der Waals surface area contributed by atoms with Gasteiger partial charge in [-0.3, -0.25) is 4.79 Å². The third kappa shape index (κ3) is 6.31. The molecule has 0 bridgehead atoms. The molecule has 0 saturated carbocycles. The number of aromatic nitrogens is 2. The highest BCUT2D eigenvalue weighted by Crippen LogP contribution is 2.29. The fourth-order valence-electron chi connectivity index (χ4n) is 3.15. The van der Waals surface area contributed by atoms with Gasteiger partial charge in [-0.25, -0.2) is 9.78 Å². The van der Waals surface area contributed by atoms with E-state index in [1.165, 1.54) is 0 Å². The molecule has 2 N–H and O–H groups in total. The number of aryl methyl sites for hydroxylation is 2.